The number of halogens is 1. The molecule has 4 heterocycles. The first kappa shape index (κ1) is 28.1. The van der Waals surface area contributed by atoms with Gasteiger partial charge in [0, 0.05) is 60.5 Å². The Kier molecular flexibility index (Phi) is 6.95. The number of hydrogen-bond acceptors (Lipinski definition) is 8. The quantitative estimate of drug-likeness (QED) is 0.445. The molecule has 3 atom stereocenters. The van der Waals surface area contributed by atoms with E-state index in [-0.39, 0.29) is 29.7 Å². The van der Waals surface area contributed by atoms with Crippen LogP contribution < -0.4 is 26.1 Å². The fourth-order valence-corrected chi connectivity index (χ4v) is 6.64. The lowest BCUT2D eigenvalue weighted by molar-refractivity contribution is -0.128. The third-order valence-electron chi connectivity index (χ3n) is 9.22. The van der Waals surface area contributed by atoms with E-state index in [0.717, 1.165) is 41.2 Å². The predicted octanol–water partition coefficient (Wildman–Crippen LogP) is 1.76. The molecule has 2 fully saturated rings. The first-order valence-electron chi connectivity index (χ1n) is 14.7. The van der Waals surface area contributed by atoms with E-state index in [0.29, 0.717) is 53.2 Å². The Balaban J connectivity index is 1.55. The van der Waals surface area contributed by atoms with Crippen LogP contribution in [0.5, 0.6) is 0 Å². The highest BCUT2D eigenvalue weighted by Gasteiger charge is 2.36. The van der Waals surface area contributed by atoms with Crippen LogP contribution in [0.4, 0.5) is 22.0 Å². The molecule has 10 nitrogen and oxygen atoms in total. The molecule has 11 heteroatoms. The van der Waals surface area contributed by atoms with E-state index in [1.54, 1.807) is 0 Å². The van der Waals surface area contributed by atoms with Crippen LogP contribution in [0.1, 0.15) is 38.3 Å². The molecule has 0 radical (unpaired) electrons. The number of nitrogens with zero attached hydrogens (tertiary/aromatic N) is 7. The van der Waals surface area contributed by atoms with Crippen molar-refractivity contribution in [3.05, 3.63) is 46.2 Å². The standard InChI is InChI=1S/C31H40FN9O/c1-8-23(42)40-12-19(5)41(13-18(40)4)30-21-11-17(3)25(24-16(2)9-10-22-26(24)29(33)37-36-22)27(32)28(21)34-31(35-30)39-14-20(15-39)38(6)7/h8,10-11,16,18-20,36H,1,9,12-15H2,2-7H3,(H2,33,37)/t16-,18+,19-/m0/s1. The largest absolute Gasteiger partial charge is 0.382 e. The summed E-state index contributed by atoms with van der Waals surface area (Å²) >= 11 is 0. The van der Waals surface area contributed by atoms with Crippen molar-refractivity contribution >= 4 is 46.0 Å². The number of amides is 1. The van der Waals surface area contributed by atoms with Crippen LogP contribution >= 0.6 is 0 Å². The lowest BCUT2D eigenvalue weighted by Gasteiger charge is -2.45. The fourth-order valence-electron chi connectivity index (χ4n) is 6.64. The molecule has 2 aliphatic heterocycles. The molecule has 222 valence electrons. The summed E-state index contributed by atoms with van der Waals surface area (Å²) in [5.74, 6) is 1.19. The molecule has 1 aliphatic carbocycles. The van der Waals surface area contributed by atoms with E-state index < -0.39 is 0 Å². The molecule has 0 saturated carbocycles. The van der Waals surface area contributed by atoms with Gasteiger partial charge in [0.2, 0.25) is 11.9 Å². The maximum Gasteiger partial charge on any atom is 0.246 e. The Morgan fingerprint density at radius 2 is 1.90 bits per heavy atom. The summed E-state index contributed by atoms with van der Waals surface area (Å²) in [7, 11) is 4.12. The highest BCUT2D eigenvalue weighted by Crippen LogP contribution is 2.38. The first-order valence-corrected chi connectivity index (χ1v) is 14.7. The minimum absolute atomic E-state index is 0.0402. The molecule has 3 aromatic rings. The number of rotatable bonds is 5. The van der Waals surface area contributed by atoms with Gasteiger partial charge in [-0.25, -0.2) is 9.37 Å². The number of anilines is 3. The summed E-state index contributed by atoms with van der Waals surface area (Å²) in [5.41, 5.74) is 8.78. The van der Waals surface area contributed by atoms with Gasteiger partial charge in [-0.1, -0.05) is 19.6 Å². The maximum atomic E-state index is 17.0. The van der Waals surface area contributed by atoms with Crippen molar-refractivity contribution in [1.29, 1.82) is 0 Å². The van der Waals surface area contributed by atoms with Crippen LogP contribution in [-0.2, 0) is 4.79 Å². The molecule has 2 saturated heterocycles. The summed E-state index contributed by atoms with van der Waals surface area (Å²) in [6.07, 6.45) is 4.19. The van der Waals surface area contributed by atoms with E-state index in [9.17, 15) is 4.79 Å². The highest BCUT2D eigenvalue weighted by molar-refractivity contribution is 5.95. The second-order valence-corrected chi connectivity index (χ2v) is 12.3. The molecule has 3 aliphatic rings. The van der Waals surface area contributed by atoms with Gasteiger partial charge in [-0.3, -0.25) is 9.89 Å². The molecule has 0 unspecified atom stereocenters. The van der Waals surface area contributed by atoms with Crippen molar-refractivity contribution in [3.63, 3.8) is 0 Å². The Labute approximate surface area is 245 Å². The highest BCUT2D eigenvalue weighted by atomic mass is 19.1. The summed E-state index contributed by atoms with van der Waals surface area (Å²) in [6, 6.07) is 2.29. The lowest BCUT2D eigenvalue weighted by atomic mass is 9.84. The number of nitrogen functional groups attached to an aromatic ring is 1. The van der Waals surface area contributed by atoms with Crippen molar-refractivity contribution in [2.24, 2.45) is 5.92 Å². The molecule has 1 amide bonds. The average molecular weight is 574 g/mol. The van der Waals surface area contributed by atoms with E-state index in [1.807, 2.05) is 24.8 Å². The first-order chi connectivity index (χ1) is 20.0. The number of hydrogen-bond donors (Lipinski definition) is 2. The van der Waals surface area contributed by atoms with Crippen LogP contribution in [0.2, 0.25) is 0 Å². The molecular formula is C31H40FN9O. The van der Waals surface area contributed by atoms with Gasteiger partial charge in [0.25, 0.3) is 0 Å². The van der Waals surface area contributed by atoms with Crippen LogP contribution in [0.25, 0.3) is 22.6 Å². The minimum atomic E-state index is -0.365. The summed E-state index contributed by atoms with van der Waals surface area (Å²) in [4.78, 5) is 30.8. The fraction of sp³-hybridized carbons (Fsp3) is 0.484. The van der Waals surface area contributed by atoms with Gasteiger partial charge >= 0.3 is 0 Å². The van der Waals surface area contributed by atoms with Gasteiger partial charge < -0.3 is 25.3 Å². The number of H-pyrrole nitrogens is 1. The number of fused-ring (bicyclic) bond motifs is 2. The van der Waals surface area contributed by atoms with Gasteiger partial charge in [0.15, 0.2) is 11.6 Å². The van der Waals surface area contributed by atoms with E-state index in [1.165, 1.54) is 6.08 Å². The van der Waals surface area contributed by atoms with Crippen molar-refractivity contribution in [3.8, 4) is 0 Å². The number of carbonyl (C=O) groups is 1. The predicted molar refractivity (Wildman–Crippen MR) is 165 cm³/mol. The van der Waals surface area contributed by atoms with Gasteiger partial charge in [0.05, 0.1) is 5.35 Å². The molecule has 0 bridgehead atoms. The van der Waals surface area contributed by atoms with Crippen molar-refractivity contribution < 1.29 is 9.18 Å². The summed E-state index contributed by atoms with van der Waals surface area (Å²) < 4.78 is 17.0. The normalized spacial score (nSPS) is 22.8. The third-order valence-corrected chi connectivity index (χ3v) is 9.22. The number of likely N-dealkylation sites (N-methyl/N-ethyl adjacent to an activating group) is 1. The summed E-state index contributed by atoms with van der Waals surface area (Å²) in [6.45, 7) is 14.4. The van der Waals surface area contributed by atoms with Crippen molar-refractivity contribution in [2.45, 2.75) is 52.2 Å². The summed E-state index contributed by atoms with van der Waals surface area (Å²) in [5, 5.41) is 9.49. The number of aromatic nitrogens is 4. The van der Waals surface area contributed by atoms with Crippen molar-refractivity contribution in [2.75, 3.05) is 55.8 Å². The molecule has 2 aromatic heterocycles. The zero-order valence-electron chi connectivity index (χ0n) is 25.3. The number of piperazine rings is 1. The second kappa shape index (κ2) is 10.4. The number of carbonyl (C=O) groups excluding carboxylic acids is 1. The maximum absolute atomic E-state index is 17.0. The number of aryl methyl sites for hydroxylation is 1. The Morgan fingerprint density at radius 1 is 1.17 bits per heavy atom. The molecule has 0 spiro atoms. The van der Waals surface area contributed by atoms with Gasteiger partial charge in [-0.2, -0.15) is 10.1 Å². The van der Waals surface area contributed by atoms with E-state index in [4.69, 9.17) is 15.7 Å². The SMILES string of the molecule is C=CC(=O)N1C[C@H](C)N(c2nc(N3CC(N(C)C)C3)nc3c(F)c(C4=c5c(N)n[nH]c5=CC[C@@H]4C)c(C)cc23)C[C@H]1C. The van der Waals surface area contributed by atoms with Gasteiger partial charge in [-0.15, -0.1) is 0 Å². The van der Waals surface area contributed by atoms with Crippen LogP contribution in [0, 0.1) is 18.7 Å². The number of benzene rings is 1. The minimum Gasteiger partial charge on any atom is -0.382 e. The number of nitrogens with one attached hydrogen (secondary N) is 1. The van der Waals surface area contributed by atoms with E-state index in [2.05, 4.69) is 65.5 Å². The molecule has 3 N–H and O–H groups in total. The van der Waals surface area contributed by atoms with Crippen molar-refractivity contribution in [1.82, 2.24) is 30.0 Å². The molecule has 1 aromatic carbocycles. The van der Waals surface area contributed by atoms with Crippen LogP contribution in [0.3, 0.4) is 0 Å². The van der Waals surface area contributed by atoms with Gasteiger partial charge in [0.1, 0.15) is 11.3 Å². The zero-order valence-corrected chi connectivity index (χ0v) is 25.3. The Morgan fingerprint density at radius 3 is 2.60 bits per heavy atom. The third kappa shape index (κ3) is 4.41. The Bertz CT molecular complexity index is 1710. The average Bonchev–Trinajstić information content (AvgIpc) is 3.30. The second-order valence-electron chi connectivity index (χ2n) is 12.3. The van der Waals surface area contributed by atoms with Gasteiger partial charge in [-0.05, 0) is 70.5 Å². The smallest absolute Gasteiger partial charge is 0.246 e. The molecular weight excluding hydrogens is 533 g/mol. The number of aromatic amines is 1. The molecule has 6 rings (SSSR count). The van der Waals surface area contributed by atoms with Crippen LogP contribution in [0.15, 0.2) is 18.7 Å². The number of nitrogens with two attached hydrogens (primary N) is 1. The lowest BCUT2D eigenvalue weighted by Crippen LogP contribution is -2.59. The van der Waals surface area contributed by atoms with E-state index >= 15 is 4.39 Å². The zero-order chi connectivity index (χ0) is 30.0. The topological polar surface area (TPSA) is 111 Å². The monoisotopic (exact) mass is 573 g/mol. The Hall–Kier alpha value is -3.99. The molecule has 42 heavy (non-hydrogen) atoms. The van der Waals surface area contributed by atoms with Crippen LogP contribution in [-0.4, -0.2) is 94.3 Å².